The molecule has 1 unspecified atom stereocenters. The van der Waals surface area contributed by atoms with Gasteiger partial charge in [-0.25, -0.2) is 4.39 Å². The molecule has 0 aliphatic carbocycles. The average molecular weight is 330 g/mol. The molecule has 1 aromatic heterocycles. The van der Waals surface area contributed by atoms with Crippen molar-refractivity contribution in [2.45, 2.75) is 13.0 Å². The summed E-state index contributed by atoms with van der Waals surface area (Å²) in [6.07, 6.45) is 0.634. The fourth-order valence-corrected chi connectivity index (χ4v) is 1.84. The minimum absolute atomic E-state index is 0.238. The quantitative estimate of drug-likeness (QED) is 0.866. The maximum atomic E-state index is 13.5. The van der Waals surface area contributed by atoms with Crippen molar-refractivity contribution in [3.8, 4) is 11.5 Å². The summed E-state index contributed by atoms with van der Waals surface area (Å²) in [6, 6.07) is 5.40. The summed E-state index contributed by atoms with van der Waals surface area (Å²) in [6.45, 7) is 1.58. The van der Waals surface area contributed by atoms with Gasteiger partial charge in [0, 0.05) is 4.47 Å². The van der Waals surface area contributed by atoms with E-state index in [9.17, 15) is 13.9 Å². The van der Waals surface area contributed by atoms with Crippen LogP contribution in [0.15, 0.2) is 34.9 Å². The molecule has 0 aliphatic heterocycles. The van der Waals surface area contributed by atoms with E-state index in [4.69, 9.17) is 4.74 Å². The number of hydrogen-bond donors (Lipinski definition) is 1. The first kappa shape index (κ1) is 13.9. The second-order valence-corrected chi connectivity index (χ2v) is 4.81. The van der Waals surface area contributed by atoms with Crippen molar-refractivity contribution < 1.29 is 18.6 Å². The molecule has 1 aromatic carbocycles. The van der Waals surface area contributed by atoms with Crippen LogP contribution in [0.25, 0.3) is 0 Å². The summed E-state index contributed by atoms with van der Waals surface area (Å²) in [5.74, 6) is -2.06. The van der Waals surface area contributed by atoms with E-state index in [1.54, 1.807) is 13.0 Å². The van der Waals surface area contributed by atoms with Gasteiger partial charge in [-0.15, -0.1) is 0 Å². The summed E-state index contributed by atoms with van der Waals surface area (Å²) >= 11 is 3.06. The molecule has 1 heterocycles. The summed E-state index contributed by atoms with van der Waals surface area (Å²) in [5, 5.41) is 9.30. The first-order valence-electron chi connectivity index (χ1n) is 5.44. The lowest BCUT2D eigenvalue weighted by Gasteiger charge is -2.09. The van der Waals surface area contributed by atoms with Crippen molar-refractivity contribution in [1.29, 1.82) is 0 Å². The van der Waals surface area contributed by atoms with Crippen LogP contribution in [0.5, 0.6) is 11.5 Å². The zero-order chi connectivity index (χ0) is 14.0. The molecule has 2 aromatic rings. The van der Waals surface area contributed by atoms with Gasteiger partial charge >= 0.3 is 0 Å². The average Bonchev–Trinajstić information content (AvgIpc) is 2.36. The highest BCUT2D eigenvalue weighted by atomic mass is 79.9. The molecule has 0 saturated heterocycles. The lowest BCUT2D eigenvalue weighted by molar-refractivity contribution is 0.194. The predicted molar refractivity (Wildman–Crippen MR) is 69.0 cm³/mol. The Morgan fingerprint density at radius 3 is 2.63 bits per heavy atom. The lowest BCUT2D eigenvalue weighted by atomic mass is 10.2. The maximum absolute atomic E-state index is 13.5. The van der Waals surface area contributed by atoms with E-state index in [0.717, 1.165) is 6.07 Å². The fourth-order valence-electron chi connectivity index (χ4n) is 1.43. The third-order valence-corrected chi connectivity index (χ3v) is 2.83. The summed E-state index contributed by atoms with van der Waals surface area (Å²) in [7, 11) is 0. The number of ether oxygens (including phenoxy) is 1. The number of aliphatic hydroxyl groups excluding tert-OH is 1. The van der Waals surface area contributed by atoms with E-state index in [2.05, 4.69) is 20.9 Å². The SMILES string of the molecule is CC(O)c1ccc(Oc2cc(Br)cc(F)c2F)cn1. The zero-order valence-corrected chi connectivity index (χ0v) is 11.5. The molecule has 2 rings (SSSR count). The van der Waals surface area contributed by atoms with Crippen molar-refractivity contribution in [2.75, 3.05) is 0 Å². The van der Waals surface area contributed by atoms with Gasteiger partial charge in [-0.2, -0.15) is 4.39 Å². The van der Waals surface area contributed by atoms with Crippen molar-refractivity contribution in [2.24, 2.45) is 0 Å². The Hall–Kier alpha value is -1.53. The molecule has 0 spiro atoms. The van der Waals surface area contributed by atoms with Crippen molar-refractivity contribution >= 4 is 15.9 Å². The van der Waals surface area contributed by atoms with Crippen molar-refractivity contribution in [3.05, 3.63) is 52.3 Å². The number of rotatable bonds is 3. The van der Waals surface area contributed by atoms with E-state index in [-0.39, 0.29) is 11.5 Å². The Morgan fingerprint density at radius 1 is 1.32 bits per heavy atom. The van der Waals surface area contributed by atoms with Crippen LogP contribution in [-0.4, -0.2) is 10.1 Å². The van der Waals surface area contributed by atoms with Gasteiger partial charge < -0.3 is 9.84 Å². The van der Waals surface area contributed by atoms with Gasteiger partial charge in [0.25, 0.3) is 0 Å². The molecule has 0 radical (unpaired) electrons. The number of nitrogens with zero attached hydrogens (tertiary/aromatic N) is 1. The highest BCUT2D eigenvalue weighted by molar-refractivity contribution is 9.10. The predicted octanol–water partition coefficient (Wildman–Crippen LogP) is 3.97. The number of aliphatic hydroxyl groups is 1. The maximum Gasteiger partial charge on any atom is 0.201 e. The molecule has 1 atom stereocenters. The normalized spacial score (nSPS) is 12.3. The van der Waals surface area contributed by atoms with E-state index in [1.165, 1.54) is 18.3 Å². The standard InChI is InChI=1S/C13H10BrF2NO2/c1-7(18)11-3-2-9(6-17-11)19-12-5-8(14)4-10(15)13(12)16/h2-7,18H,1H3. The van der Waals surface area contributed by atoms with Crippen LogP contribution in [0.4, 0.5) is 8.78 Å². The molecular formula is C13H10BrF2NO2. The Kier molecular flexibility index (Phi) is 4.11. The van der Waals surface area contributed by atoms with Crippen LogP contribution in [0.2, 0.25) is 0 Å². The first-order valence-corrected chi connectivity index (χ1v) is 6.23. The van der Waals surface area contributed by atoms with Crippen molar-refractivity contribution in [3.63, 3.8) is 0 Å². The van der Waals surface area contributed by atoms with E-state index in [1.807, 2.05) is 0 Å². The minimum Gasteiger partial charge on any atom is -0.453 e. The second kappa shape index (κ2) is 5.63. The first-order chi connectivity index (χ1) is 8.97. The summed E-state index contributed by atoms with van der Waals surface area (Å²) < 4.78 is 32.3. The van der Waals surface area contributed by atoms with Crippen LogP contribution in [-0.2, 0) is 0 Å². The number of hydrogen-bond acceptors (Lipinski definition) is 3. The monoisotopic (exact) mass is 329 g/mol. The third-order valence-electron chi connectivity index (χ3n) is 2.37. The largest absolute Gasteiger partial charge is 0.453 e. The van der Waals surface area contributed by atoms with Crippen molar-refractivity contribution in [1.82, 2.24) is 4.98 Å². The molecule has 1 N–H and O–H groups in total. The minimum atomic E-state index is -1.07. The molecule has 0 bridgehead atoms. The van der Waals surface area contributed by atoms with Crippen LogP contribution in [0.3, 0.4) is 0 Å². The van der Waals surface area contributed by atoms with Crippen LogP contribution < -0.4 is 4.74 Å². The third kappa shape index (κ3) is 3.27. The Balaban J connectivity index is 2.26. The molecule has 3 nitrogen and oxygen atoms in total. The lowest BCUT2D eigenvalue weighted by Crippen LogP contribution is -1.96. The van der Waals surface area contributed by atoms with Crippen LogP contribution in [0.1, 0.15) is 18.7 Å². The molecule has 0 amide bonds. The van der Waals surface area contributed by atoms with E-state index >= 15 is 0 Å². The zero-order valence-electron chi connectivity index (χ0n) is 9.90. The van der Waals surface area contributed by atoms with Gasteiger partial charge in [0.05, 0.1) is 18.0 Å². The highest BCUT2D eigenvalue weighted by Crippen LogP contribution is 2.29. The topological polar surface area (TPSA) is 42.4 Å². The van der Waals surface area contributed by atoms with Crippen LogP contribution in [0, 0.1) is 11.6 Å². The Labute approximate surface area is 117 Å². The smallest absolute Gasteiger partial charge is 0.201 e. The number of benzene rings is 1. The molecule has 19 heavy (non-hydrogen) atoms. The van der Waals surface area contributed by atoms with Crippen LogP contribution >= 0.6 is 15.9 Å². The van der Waals surface area contributed by atoms with E-state index in [0.29, 0.717) is 10.2 Å². The Morgan fingerprint density at radius 2 is 2.05 bits per heavy atom. The van der Waals surface area contributed by atoms with Gasteiger partial charge in [-0.05, 0) is 31.2 Å². The Bertz CT molecular complexity index is 588. The van der Waals surface area contributed by atoms with Gasteiger partial charge in [0.1, 0.15) is 5.75 Å². The number of pyridine rings is 1. The van der Waals surface area contributed by atoms with Gasteiger partial charge in [-0.3, -0.25) is 4.98 Å². The second-order valence-electron chi connectivity index (χ2n) is 3.90. The van der Waals surface area contributed by atoms with Gasteiger partial charge in [-0.1, -0.05) is 15.9 Å². The van der Waals surface area contributed by atoms with Gasteiger partial charge in [0.15, 0.2) is 11.6 Å². The summed E-state index contributed by atoms with van der Waals surface area (Å²) in [5.41, 5.74) is 0.466. The molecule has 0 fully saturated rings. The highest BCUT2D eigenvalue weighted by Gasteiger charge is 2.12. The molecule has 6 heteroatoms. The number of aromatic nitrogens is 1. The molecule has 0 aliphatic rings. The molecule has 0 saturated carbocycles. The molecule has 100 valence electrons. The number of halogens is 3. The fraction of sp³-hybridized carbons (Fsp3) is 0.154. The van der Waals surface area contributed by atoms with E-state index < -0.39 is 17.7 Å². The molecular weight excluding hydrogens is 320 g/mol. The summed E-state index contributed by atoms with van der Waals surface area (Å²) in [4.78, 5) is 3.95. The van der Waals surface area contributed by atoms with Gasteiger partial charge in [0.2, 0.25) is 5.82 Å².